The van der Waals surface area contributed by atoms with E-state index in [9.17, 15) is 4.79 Å². The third-order valence-corrected chi connectivity index (χ3v) is 2.70. The molecular weight excluding hydrogens is 180 g/mol. The predicted molar refractivity (Wildman–Crippen MR) is 54.9 cm³/mol. The van der Waals surface area contributed by atoms with Gasteiger partial charge in [0.1, 0.15) is 0 Å². The zero-order valence-corrected chi connectivity index (χ0v) is 9.19. The molecule has 1 rings (SSSR count). The van der Waals surface area contributed by atoms with Gasteiger partial charge in [-0.2, -0.15) is 0 Å². The molecule has 0 saturated carbocycles. The molecule has 14 heavy (non-hydrogen) atoms. The highest BCUT2D eigenvalue weighted by Crippen LogP contribution is 2.14. The van der Waals surface area contributed by atoms with E-state index in [0.717, 1.165) is 0 Å². The summed E-state index contributed by atoms with van der Waals surface area (Å²) in [6.45, 7) is 7.19. The highest BCUT2D eigenvalue weighted by atomic mass is 16.5. The number of hydrogen-bond acceptors (Lipinski definition) is 3. The third-order valence-electron chi connectivity index (χ3n) is 2.70. The van der Waals surface area contributed by atoms with Gasteiger partial charge in [-0.25, -0.2) is 0 Å². The fraction of sp³-hybridized carbons (Fsp3) is 0.900. The lowest BCUT2D eigenvalue weighted by atomic mass is 10.1. The smallest absolute Gasteiger partial charge is 0.224 e. The van der Waals surface area contributed by atoms with Crippen molar-refractivity contribution in [3.05, 3.63) is 0 Å². The van der Waals surface area contributed by atoms with E-state index >= 15 is 0 Å². The van der Waals surface area contributed by atoms with Gasteiger partial charge in [-0.3, -0.25) is 4.79 Å². The second-order valence-corrected chi connectivity index (χ2v) is 4.09. The summed E-state index contributed by atoms with van der Waals surface area (Å²) in [5.41, 5.74) is 5.60. The van der Waals surface area contributed by atoms with Crippen LogP contribution in [0.4, 0.5) is 0 Å². The van der Waals surface area contributed by atoms with Crippen molar-refractivity contribution in [1.29, 1.82) is 0 Å². The minimum Gasteiger partial charge on any atom is -0.375 e. The van der Waals surface area contributed by atoms with Gasteiger partial charge in [-0.15, -0.1) is 0 Å². The van der Waals surface area contributed by atoms with Gasteiger partial charge in [0.05, 0.1) is 18.8 Å². The normalized spacial score (nSPS) is 30.1. The summed E-state index contributed by atoms with van der Waals surface area (Å²) in [7, 11) is 0. The second kappa shape index (κ2) is 4.75. The molecule has 4 nitrogen and oxygen atoms in total. The van der Waals surface area contributed by atoms with Crippen LogP contribution in [0.15, 0.2) is 0 Å². The number of rotatable bonds is 2. The monoisotopic (exact) mass is 200 g/mol. The van der Waals surface area contributed by atoms with Crippen LogP contribution in [0.1, 0.15) is 27.2 Å². The van der Waals surface area contributed by atoms with Crippen molar-refractivity contribution >= 4 is 5.91 Å². The first-order valence-corrected chi connectivity index (χ1v) is 5.19. The maximum Gasteiger partial charge on any atom is 0.224 e. The summed E-state index contributed by atoms with van der Waals surface area (Å²) < 4.78 is 5.45. The SMILES string of the molecule is CC(N)CC(=O)N1CCOC(C)C1C. The summed E-state index contributed by atoms with van der Waals surface area (Å²) in [5.74, 6) is 0.141. The van der Waals surface area contributed by atoms with E-state index in [1.165, 1.54) is 0 Å². The molecule has 1 amide bonds. The maximum atomic E-state index is 11.8. The number of morpholine rings is 1. The maximum absolute atomic E-state index is 11.8. The standard InChI is InChI=1S/C10H20N2O2/c1-7(11)6-10(13)12-4-5-14-9(3)8(12)2/h7-9H,4-6,11H2,1-3H3. The van der Waals surface area contributed by atoms with Crippen molar-refractivity contribution in [2.45, 2.75) is 45.4 Å². The number of ether oxygens (including phenoxy) is 1. The lowest BCUT2D eigenvalue weighted by Gasteiger charge is -2.38. The molecule has 0 aromatic rings. The van der Waals surface area contributed by atoms with E-state index in [1.807, 2.05) is 25.7 Å². The Balaban J connectivity index is 2.53. The van der Waals surface area contributed by atoms with Crippen LogP contribution in [-0.2, 0) is 9.53 Å². The van der Waals surface area contributed by atoms with Gasteiger partial charge in [0.25, 0.3) is 0 Å². The Morgan fingerprint density at radius 3 is 2.86 bits per heavy atom. The molecule has 0 bridgehead atoms. The third kappa shape index (κ3) is 2.69. The first-order chi connectivity index (χ1) is 6.52. The van der Waals surface area contributed by atoms with E-state index in [4.69, 9.17) is 10.5 Å². The van der Waals surface area contributed by atoms with E-state index in [0.29, 0.717) is 19.6 Å². The van der Waals surface area contributed by atoms with Crippen molar-refractivity contribution in [3.63, 3.8) is 0 Å². The van der Waals surface area contributed by atoms with Gasteiger partial charge in [-0.05, 0) is 20.8 Å². The highest BCUT2D eigenvalue weighted by molar-refractivity contribution is 5.77. The Kier molecular flexibility index (Phi) is 3.89. The van der Waals surface area contributed by atoms with Crippen LogP contribution < -0.4 is 5.73 Å². The molecule has 3 atom stereocenters. The van der Waals surface area contributed by atoms with Gasteiger partial charge in [0.15, 0.2) is 0 Å². The van der Waals surface area contributed by atoms with Crippen LogP contribution in [0.3, 0.4) is 0 Å². The number of nitrogens with zero attached hydrogens (tertiary/aromatic N) is 1. The lowest BCUT2D eigenvalue weighted by Crippen LogP contribution is -2.52. The molecule has 1 aliphatic rings. The van der Waals surface area contributed by atoms with Gasteiger partial charge >= 0.3 is 0 Å². The van der Waals surface area contributed by atoms with Gasteiger partial charge in [0, 0.05) is 19.0 Å². The molecule has 0 radical (unpaired) electrons. The van der Waals surface area contributed by atoms with Gasteiger partial charge in [0.2, 0.25) is 5.91 Å². The number of carbonyl (C=O) groups excluding carboxylic acids is 1. The molecule has 1 fully saturated rings. The quantitative estimate of drug-likeness (QED) is 0.700. The Labute approximate surface area is 85.4 Å². The lowest BCUT2D eigenvalue weighted by molar-refractivity contribution is -0.144. The molecule has 3 unspecified atom stereocenters. The highest BCUT2D eigenvalue weighted by Gasteiger charge is 2.28. The fourth-order valence-corrected chi connectivity index (χ4v) is 1.68. The molecule has 82 valence electrons. The number of amides is 1. The molecule has 1 heterocycles. The number of nitrogens with two attached hydrogens (primary N) is 1. The predicted octanol–water partition coefficient (Wildman–Crippen LogP) is 0.360. The van der Waals surface area contributed by atoms with Crippen LogP contribution in [0.5, 0.6) is 0 Å². The molecule has 1 saturated heterocycles. The van der Waals surface area contributed by atoms with Crippen LogP contribution >= 0.6 is 0 Å². The fourth-order valence-electron chi connectivity index (χ4n) is 1.68. The van der Waals surface area contributed by atoms with E-state index in [-0.39, 0.29) is 24.1 Å². The Bertz CT molecular complexity index is 206. The summed E-state index contributed by atoms with van der Waals surface area (Å²) in [5, 5.41) is 0. The Morgan fingerprint density at radius 2 is 2.29 bits per heavy atom. The summed E-state index contributed by atoms with van der Waals surface area (Å²) >= 11 is 0. The zero-order chi connectivity index (χ0) is 10.7. The molecule has 0 spiro atoms. The van der Waals surface area contributed by atoms with Crippen LogP contribution in [-0.4, -0.2) is 42.1 Å². The van der Waals surface area contributed by atoms with Crippen LogP contribution in [0, 0.1) is 0 Å². The molecule has 0 aromatic carbocycles. The molecule has 1 aliphatic heterocycles. The topological polar surface area (TPSA) is 55.6 Å². The van der Waals surface area contributed by atoms with Gasteiger partial charge in [-0.1, -0.05) is 0 Å². The number of carbonyl (C=O) groups is 1. The van der Waals surface area contributed by atoms with Crippen molar-refractivity contribution in [2.75, 3.05) is 13.2 Å². The summed E-state index contributed by atoms with van der Waals surface area (Å²) in [6, 6.07) is 0.0999. The minimum atomic E-state index is -0.0622. The minimum absolute atomic E-state index is 0.0622. The summed E-state index contributed by atoms with van der Waals surface area (Å²) in [4.78, 5) is 13.6. The first-order valence-electron chi connectivity index (χ1n) is 5.19. The molecular formula is C10H20N2O2. The van der Waals surface area contributed by atoms with Crippen molar-refractivity contribution < 1.29 is 9.53 Å². The summed E-state index contributed by atoms with van der Waals surface area (Å²) in [6.07, 6.45) is 0.553. The largest absolute Gasteiger partial charge is 0.375 e. The number of hydrogen-bond donors (Lipinski definition) is 1. The van der Waals surface area contributed by atoms with E-state index in [1.54, 1.807) is 0 Å². The Hall–Kier alpha value is -0.610. The van der Waals surface area contributed by atoms with Crippen LogP contribution in [0.2, 0.25) is 0 Å². The van der Waals surface area contributed by atoms with Crippen molar-refractivity contribution in [1.82, 2.24) is 4.90 Å². The van der Waals surface area contributed by atoms with E-state index < -0.39 is 0 Å². The molecule has 0 aliphatic carbocycles. The van der Waals surface area contributed by atoms with E-state index in [2.05, 4.69) is 0 Å². The van der Waals surface area contributed by atoms with Crippen molar-refractivity contribution in [2.24, 2.45) is 5.73 Å². The molecule has 2 N–H and O–H groups in total. The van der Waals surface area contributed by atoms with Crippen LogP contribution in [0.25, 0.3) is 0 Å². The average molecular weight is 200 g/mol. The first kappa shape index (κ1) is 11.5. The molecule has 0 aromatic heterocycles. The van der Waals surface area contributed by atoms with Gasteiger partial charge < -0.3 is 15.4 Å². The zero-order valence-electron chi connectivity index (χ0n) is 9.19. The second-order valence-electron chi connectivity index (χ2n) is 4.09. The molecule has 4 heteroatoms. The average Bonchev–Trinajstić information content (AvgIpc) is 2.08. The Morgan fingerprint density at radius 1 is 1.64 bits per heavy atom. The van der Waals surface area contributed by atoms with Crippen molar-refractivity contribution in [3.8, 4) is 0 Å².